The third-order valence-corrected chi connectivity index (χ3v) is 8.56. The molecule has 7 heteroatoms. The van der Waals surface area contributed by atoms with Crippen molar-refractivity contribution in [2.24, 2.45) is 0 Å². The van der Waals surface area contributed by atoms with Crippen LogP contribution in [-0.4, -0.2) is 21.5 Å². The fourth-order valence-corrected chi connectivity index (χ4v) is 6.37. The molecule has 0 aliphatic carbocycles. The van der Waals surface area contributed by atoms with E-state index in [4.69, 9.17) is 11.6 Å². The summed E-state index contributed by atoms with van der Waals surface area (Å²) in [7, 11) is -1.49. The van der Waals surface area contributed by atoms with Gasteiger partial charge in [-0.3, -0.25) is 4.98 Å². The number of nitrogens with one attached hydrogen (secondary N) is 1. The van der Waals surface area contributed by atoms with Gasteiger partial charge in [-0.05, 0) is 79.1 Å². The van der Waals surface area contributed by atoms with Crippen molar-refractivity contribution in [1.82, 2.24) is 4.98 Å². The third-order valence-electron chi connectivity index (χ3n) is 5.78. The molecule has 1 aromatic heterocycles. The summed E-state index contributed by atoms with van der Waals surface area (Å²) in [6.07, 6.45) is 4.26. The maximum atomic E-state index is 13.1. The molecule has 3 aromatic carbocycles. The van der Waals surface area contributed by atoms with E-state index in [1.165, 1.54) is 12.8 Å². The van der Waals surface area contributed by atoms with E-state index in [1.54, 1.807) is 0 Å². The van der Waals surface area contributed by atoms with Crippen LogP contribution in [0.2, 0.25) is 5.02 Å². The van der Waals surface area contributed by atoms with E-state index in [0.717, 1.165) is 51.3 Å². The molecule has 0 bridgehead atoms. The maximum absolute atomic E-state index is 13.1. The summed E-state index contributed by atoms with van der Waals surface area (Å²) in [6.45, 7) is 7.07. The average molecular weight is 524 g/mol. The van der Waals surface area contributed by atoms with Gasteiger partial charge in [-0.25, -0.2) is 4.21 Å². The number of pyridine rings is 1. The number of anilines is 2. The maximum Gasteiger partial charge on any atom is 0.151 e. The molecule has 0 radical (unpaired) electrons. The Balaban J connectivity index is 0.00000141. The quantitative estimate of drug-likeness (QED) is 0.267. The van der Waals surface area contributed by atoms with Crippen molar-refractivity contribution < 1.29 is 4.21 Å². The summed E-state index contributed by atoms with van der Waals surface area (Å²) in [4.78, 5) is 5.23. The molecule has 2 heterocycles. The standard InChI is InChI=1S/C26H24ClN3OS2.C2H6/c1-18-8-9-20(16-23(18)26-22-7-3-2-6-19(22)12-13-28-26)29-33(31)25-11-10-21(17-24(25)27)30-14-4-5-15-32-30;1-2/h2-3,6-13,16-17,29H,4-5,14-15H2,1H3;1-2H3. The second kappa shape index (κ2) is 11.9. The van der Waals surface area contributed by atoms with Gasteiger partial charge in [-0.15, -0.1) is 0 Å². The minimum Gasteiger partial charge on any atom is -0.316 e. The van der Waals surface area contributed by atoms with E-state index < -0.39 is 11.0 Å². The van der Waals surface area contributed by atoms with E-state index >= 15 is 0 Å². The topological polar surface area (TPSA) is 45.2 Å². The second-order valence-corrected chi connectivity index (χ2v) is 10.7. The molecule has 1 fully saturated rings. The normalized spacial score (nSPS) is 14.2. The monoisotopic (exact) mass is 523 g/mol. The van der Waals surface area contributed by atoms with Gasteiger partial charge in [0, 0.05) is 40.8 Å². The van der Waals surface area contributed by atoms with Crippen molar-refractivity contribution in [2.45, 2.75) is 38.5 Å². The van der Waals surface area contributed by atoms with Gasteiger partial charge in [0.15, 0.2) is 11.0 Å². The van der Waals surface area contributed by atoms with Gasteiger partial charge in [-0.1, -0.05) is 55.8 Å². The van der Waals surface area contributed by atoms with Crippen LogP contribution in [0.1, 0.15) is 32.3 Å². The molecule has 4 aromatic rings. The number of rotatable bonds is 5. The first-order valence-electron chi connectivity index (χ1n) is 11.9. The Morgan fingerprint density at radius 2 is 1.86 bits per heavy atom. The van der Waals surface area contributed by atoms with Crippen molar-refractivity contribution in [1.29, 1.82) is 0 Å². The number of aromatic nitrogens is 1. The van der Waals surface area contributed by atoms with Crippen LogP contribution in [0.3, 0.4) is 0 Å². The van der Waals surface area contributed by atoms with Crippen molar-refractivity contribution in [2.75, 3.05) is 21.3 Å². The lowest BCUT2D eigenvalue weighted by molar-refractivity contribution is 0.686. The lowest BCUT2D eigenvalue weighted by Crippen LogP contribution is -2.21. The van der Waals surface area contributed by atoms with Gasteiger partial charge < -0.3 is 9.03 Å². The first kappa shape index (κ1) is 25.5. The van der Waals surface area contributed by atoms with Crippen LogP contribution in [0.5, 0.6) is 0 Å². The fraction of sp³-hybridized carbons (Fsp3) is 0.250. The molecular weight excluding hydrogens is 494 g/mol. The number of aryl methyl sites for hydroxylation is 1. The van der Waals surface area contributed by atoms with Crippen molar-refractivity contribution in [3.8, 4) is 11.3 Å². The predicted octanol–water partition coefficient (Wildman–Crippen LogP) is 8.27. The van der Waals surface area contributed by atoms with Gasteiger partial charge in [0.25, 0.3) is 0 Å². The van der Waals surface area contributed by atoms with Crippen LogP contribution in [0.25, 0.3) is 22.0 Å². The van der Waals surface area contributed by atoms with E-state index in [9.17, 15) is 4.21 Å². The van der Waals surface area contributed by atoms with Gasteiger partial charge in [0.1, 0.15) is 0 Å². The van der Waals surface area contributed by atoms with Crippen molar-refractivity contribution >= 4 is 56.7 Å². The third kappa shape index (κ3) is 5.83. The van der Waals surface area contributed by atoms with Gasteiger partial charge in [-0.2, -0.15) is 0 Å². The molecular formula is C28H30ClN3OS2. The molecule has 5 rings (SSSR count). The van der Waals surface area contributed by atoms with Gasteiger partial charge in [0.2, 0.25) is 0 Å². The Morgan fingerprint density at radius 1 is 1.03 bits per heavy atom. The van der Waals surface area contributed by atoms with Crippen LogP contribution >= 0.6 is 23.5 Å². The summed E-state index contributed by atoms with van der Waals surface area (Å²) in [6, 6.07) is 22.0. The summed E-state index contributed by atoms with van der Waals surface area (Å²) >= 11 is 8.37. The zero-order chi connectivity index (χ0) is 24.8. The zero-order valence-electron chi connectivity index (χ0n) is 20.3. The number of halogens is 1. The Bertz CT molecular complexity index is 1330. The summed E-state index contributed by atoms with van der Waals surface area (Å²) < 4.78 is 18.5. The Hall–Kier alpha value is -2.54. The fourth-order valence-electron chi connectivity index (χ4n) is 4.03. The van der Waals surface area contributed by atoms with Crippen LogP contribution in [-0.2, 0) is 11.0 Å². The SMILES string of the molecule is CC.Cc1ccc(NS(=O)c2ccc(N3CCCCS3)cc2Cl)cc1-c1nccc2ccccc12. The first-order valence-corrected chi connectivity index (χ1v) is 14.4. The van der Waals surface area contributed by atoms with Crippen LogP contribution < -0.4 is 9.03 Å². The van der Waals surface area contributed by atoms with E-state index in [-0.39, 0.29) is 0 Å². The van der Waals surface area contributed by atoms with Gasteiger partial charge >= 0.3 is 0 Å². The highest BCUT2D eigenvalue weighted by Gasteiger charge is 2.16. The molecule has 182 valence electrons. The smallest absolute Gasteiger partial charge is 0.151 e. The van der Waals surface area contributed by atoms with Crippen molar-refractivity contribution in [3.63, 3.8) is 0 Å². The Labute approximate surface area is 219 Å². The molecule has 35 heavy (non-hydrogen) atoms. The lowest BCUT2D eigenvalue weighted by atomic mass is 10.00. The molecule has 0 amide bonds. The Kier molecular flexibility index (Phi) is 8.71. The average Bonchev–Trinajstić information content (AvgIpc) is 2.91. The molecule has 4 nitrogen and oxygen atoms in total. The van der Waals surface area contributed by atoms with Gasteiger partial charge in [0.05, 0.1) is 15.6 Å². The molecule has 0 saturated carbocycles. The highest BCUT2D eigenvalue weighted by Crippen LogP contribution is 2.34. The largest absolute Gasteiger partial charge is 0.316 e. The number of fused-ring (bicyclic) bond motifs is 1. The second-order valence-electron chi connectivity index (χ2n) is 8.04. The summed E-state index contributed by atoms with van der Waals surface area (Å²) in [5.74, 6) is 1.12. The number of benzene rings is 3. The molecule has 0 spiro atoms. The predicted molar refractivity (Wildman–Crippen MR) is 154 cm³/mol. The highest BCUT2D eigenvalue weighted by atomic mass is 35.5. The molecule has 1 N–H and O–H groups in total. The summed E-state index contributed by atoms with van der Waals surface area (Å²) in [5.41, 5.74) is 4.86. The minimum absolute atomic E-state index is 0.507. The molecule has 1 saturated heterocycles. The molecule has 1 unspecified atom stereocenters. The van der Waals surface area contributed by atoms with E-state index in [2.05, 4.69) is 33.1 Å². The van der Waals surface area contributed by atoms with E-state index in [1.807, 2.05) is 86.6 Å². The molecule has 1 aliphatic rings. The number of hydrogen-bond donors (Lipinski definition) is 1. The zero-order valence-corrected chi connectivity index (χ0v) is 22.6. The summed E-state index contributed by atoms with van der Waals surface area (Å²) in [5, 5.41) is 2.74. The van der Waals surface area contributed by atoms with Crippen molar-refractivity contribution in [3.05, 3.63) is 83.5 Å². The van der Waals surface area contributed by atoms with Crippen LogP contribution in [0, 0.1) is 6.92 Å². The lowest BCUT2D eigenvalue weighted by Gasteiger charge is -2.27. The molecule has 1 aliphatic heterocycles. The number of hydrogen-bond acceptors (Lipinski definition) is 4. The highest BCUT2D eigenvalue weighted by molar-refractivity contribution is 8.00. The number of nitrogens with zero attached hydrogens (tertiary/aromatic N) is 2. The first-order chi connectivity index (χ1) is 17.1. The minimum atomic E-state index is -1.49. The van der Waals surface area contributed by atoms with E-state index in [0.29, 0.717) is 9.92 Å². The molecule has 1 atom stereocenters. The van der Waals surface area contributed by atoms with Crippen LogP contribution in [0.15, 0.2) is 77.8 Å². The Morgan fingerprint density at radius 3 is 2.63 bits per heavy atom. The van der Waals surface area contributed by atoms with Crippen LogP contribution in [0.4, 0.5) is 11.4 Å².